The maximum absolute atomic E-state index is 5.40. The molecule has 0 unspecified atom stereocenters. The Morgan fingerprint density at radius 1 is 1.25 bits per heavy atom. The Labute approximate surface area is 98.3 Å². The van der Waals surface area contributed by atoms with Gasteiger partial charge in [-0.1, -0.05) is 42.5 Å². The molecule has 16 heavy (non-hydrogen) atoms. The first-order valence-electron chi connectivity index (χ1n) is 5.87. The molecule has 1 rings (SSSR count). The van der Waals surface area contributed by atoms with Crippen molar-refractivity contribution in [2.75, 3.05) is 19.8 Å². The average Bonchev–Trinajstić information content (AvgIpc) is 2.34. The second-order valence-electron chi connectivity index (χ2n) is 3.66. The molecule has 0 aliphatic heterocycles. The van der Waals surface area contributed by atoms with Gasteiger partial charge < -0.3 is 10.1 Å². The summed E-state index contributed by atoms with van der Waals surface area (Å²) in [6.07, 6.45) is 5.09. The Balaban J connectivity index is 1.92. The van der Waals surface area contributed by atoms with E-state index in [1.807, 2.05) is 25.1 Å². The third kappa shape index (κ3) is 6.38. The summed E-state index contributed by atoms with van der Waals surface area (Å²) in [5.41, 5.74) is 1.33. The molecule has 1 aromatic carbocycles. The van der Waals surface area contributed by atoms with E-state index in [4.69, 9.17) is 4.74 Å². The van der Waals surface area contributed by atoms with Gasteiger partial charge in [0.15, 0.2) is 0 Å². The average molecular weight is 219 g/mol. The van der Waals surface area contributed by atoms with Gasteiger partial charge in [-0.2, -0.15) is 0 Å². The molecule has 0 aliphatic carbocycles. The summed E-state index contributed by atoms with van der Waals surface area (Å²) < 4.78 is 5.40. The van der Waals surface area contributed by atoms with Gasteiger partial charge in [0.2, 0.25) is 0 Å². The van der Waals surface area contributed by atoms with E-state index in [1.54, 1.807) is 0 Å². The minimum Gasteiger partial charge on any atom is -0.377 e. The van der Waals surface area contributed by atoms with Crippen LogP contribution in [-0.2, 0) is 11.3 Å². The van der Waals surface area contributed by atoms with E-state index in [2.05, 4.69) is 29.6 Å². The van der Waals surface area contributed by atoms with E-state index >= 15 is 0 Å². The SMILES string of the molecule is C/C=C/COCCCNCc1ccccc1. The molecule has 0 saturated carbocycles. The zero-order valence-corrected chi connectivity index (χ0v) is 9.99. The van der Waals surface area contributed by atoms with Crippen LogP contribution in [0.15, 0.2) is 42.5 Å². The highest BCUT2D eigenvalue weighted by Crippen LogP contribution is 1.96. The van der Waals surface area contributed by atoms with Crippen LogP contribution in [0.5, 0.6) is 0 Å². The monoisotopic (exact) mass is 219 g/mol. The molecule has 0 aromatic heterocycles. The van der Waals surface area contributed by atoms with Crippen LogP contribution in [0.25, 0.3) is 0 Å². The van der Waals surface area contributed by atoms with Crippen LogP contribution in [0.2, 0.25) is 0 Å². The summed E-state index contributed by atoms with van der Waals surface area (Å²) in [5, 5.41) is 3.39. The highest BCUT2D eigenvalue weighted by atomic mass is 16.5. The van der Waals surface area contributed by atoms with E-state index in [1.165, 1.54) is 5.56 Å². The first-order chi connectivity index (χ1) is 7.93. The molecular formula is C14H21NO. The zero-order valence-electron chi connectivity index (χ0n) is 9.99. The van der Waals surface area contributed by atoms with E-state index in [-0.39, 0.29) is 0 Å². The van der Waals surface area contributed by atoms with Crippen molar-refractivity contribution in [3.05, 3.63) is 48.0 Å². The number of benzene rings is 1. The maximum atomic E-state index is 5.40. The fourth-order valence-corrected chi connectivity index (χ4v) is 1.38. The van der Waals surface area contributed by atoms with Crippen LogP contribution in [0.1, 0.15) is 18.9 Å². The third-order valence-electron chi connectivity index (χ3n) is 2.26. The Morgan fingerprint density at radius 2 is 2.06 bits per heavy atom. The molecule has 0 fully saturated rings. The smallest absolute Gasteiger partial charge is 0.0647 e. The summed E-state index contributed by atoms with van der Waals surface area (Å²) in [7, 11) is 0. The lowest BCUT2D eigenvalue weighted by Gasteiger charge is -2.04. The zero-order chi connectivity index (χ0) is 11.5. The Kier molecular flexibility index (Phi) is 7.39. The maximum Gasteiger partial charge on any atom is 0.0647 e. The van der Waals surface area contributed by atoms with Gasteiger partial charge >= 0.3 is 0 Å². The second-order valence-corrected chi connectivity index (χ2v) is 3.66. The predicted octanol–water partition coefficient (Wildman–Crippen LogP) is 2.76. The Bertz CT molecular complexity index is 282. The first-order valence-corrected chi connectivity index (χ1v) is 5.87. The molecule has 0 spiro atoms. The van der Waals surface area contributed by atoms with Gasteiger partial charge in [0.1, 0.15) is 0 Å². The van der Waals surface area contributed by atoms with Crippen molar-refractivity contribution < 1.29 is 4.74 Å². The minimum absolute atomic E-state index is 0.731. The summed E-state index contributed by atoms with van der Waals surface area (Å²) in [4.78, 5) is 0. The molecule has 0 aliphatic rings. The molecule has 0 atom stereocenters. The fourth-order valence-electron chi connectivity index (χ4n) is 1.38. The highest BCUT2D eigenvalue weighted by Gasteiger charge is 1.90. The Morgan fingerprint density at radius 3 is 2.81 bits per heavy atom. The molecule has 2 nitrogen and oxygen atoms in total. The van der Waals surface area contributed by atoms with Gasteiger partial charge in [0.05, 0.1) is 6.61 Å². The van der Waals surface area contributed by atoms with Crippen molar-refractivity contribution in [1.82, 2.24) is 5.32 Å². The molecule has 1 N–H and O–H groups in total. The summed E-state index contributed by atoms with van der Waals surface area (Å²) in [6.45, 7) is 5.51. The van der Waals surface area contributed by atoms with Crippen LogP contribution in [0, 0.1) is 0 Å². The Hall–Kier alpha value is -1.12. The molecule has 0 heterocycles. The molecule has 0 radical (unpaired) electrons. The lowest BCUT2D eigenvalue weighted by Crippen LogP contribution is -2.16. The molecular weight excluding hydrogens is 198 g/mol. The molecule has 0 bridgehead atoms. The van der Waals surface area contributed by atoms with Gasteiger partial charge in [0, 0.05) is 13.2 Å². The lowest BCUT2D eigenvalue weighted by molar-refractivity contribution is 0.159. The van der Waals surface area contributed by atoms with E-state index in [9.17, 15) is 0 Å². The van der Waals surface area contributed by atoms with E-state index in [0.717, 1.165) is 32.7 Å². The van der Waals surface area contributed by atoms with Crippen LogP contribution in [0.4, 0.5) is 0 Å². The largest absolute Gasteiger partial charge is 0.377 e. The summed E-state index contributed by atoms with van der Waals surface area (Å²) in [6, 6.07) is 10.4. The predicted molar refractivity (Wildman–Crippen MR) is 68.4 cm³/mol. The first kappa shape index (κ1) is 12.9. The topological polar surface area (TPSA) is 21.3 Å². The number of nitrogens with one attached hydrogen (secondary N) is 1. The van der Waals surface area contributed by atoms with Crippen molar-refractivity contribution in [1.29, 1.82) is 0 Å². The quantitative estimate of drug-likeness (QED) is 0.536. The van der Waals surface area contributed by atoms with Crippen LogP contribution in [0.3, 0.4) is 0 Å². The van der Waals surface area contributed by atoms with Gasteiger partial charge in [0.25, 0.3) is 0 Å². The fraction of sp³-hybridized carbons (Fsp3) is 0.429. The number of ether oxygens (including phenoxy) is 1. The third-order valence-corrected chi connectivity index (χ3v) is 2.26. The molecule has 0 saturated heterocycles. The molecule has 88 valence electrons. The van der Waals surface area contributed by atoms with Gasteiger partial charge in [-0.15, -0.1) is 0 Å². The van der Waals surface area contributed by atoms with Crippen molar-refractivity contribution in [2.24, 2.45) is 0 Å². The lowest BCUT2D eigenvalue weighted by atomic mass is 10.2. The normalized spacial score (nSPS) is 11.1. The minimum atomic E-state index is 0.731. The number of hydrogen-bond donors (Lipinski definition) is 1. The highest BCUT2D eigenvalue weighted by molar-refractivity contribution is 5.14. The number of hydrogen-bond acceptors (Lipinski definition) is 2. The molecule has 1 aromatic rings. The molecule has 2 heteroatoms. The standard InChI is InChI=1S/C14H21NO/c1-2-3-11-16-12-7-10-15-13-14-8-5-4-6-9-14/h2-6,8-9,15H,7,10-13H2,1H3/b3-2+. The summed E-state index contributed by atoms with van der Waals surface area (Å²) >= 11 is 0. The van der Waals surface area contributed by atoms with Gasteiger partial charge in [-0.05, 0) is 25.5 Å². The van der Waals surface area contributed by atoms with Gasteiger partial charge in [-0.3, -0.25) is 0 Å². The van der Waals surface area contributed by atoms with Crippen LogP contribution in [-0.4, -0.2) is 19.8 Å². The number of rotatable bonds is 8. The van der Waals surface area contributed by atoms with Crippen LogP contribution < -0.4 is 5.32 Å². The second kappa shape index (κ2) is 9.13. The van der Waals surface area contributed by atoms with Crippen molar-refractivity contribution in [2.45, 2.75) is 19.9 Å². The van der Waals surface area contributed by atoms with Gasteiger partial charge in [-0.25, -0.2) is 0 Å². The van der Waals surface area contributed by atoms with Crippen molar-refractivity contribution in [3.63, 3.8) is 0 Å². The van der Waals surface area contributed by atoms with E-state index < -0.39 is 0 Å². The van der Waals surface area contributed by atoms with Crippen LogP contribution >= 0.6 is 0 Å². The number of allylic oxidation sites excluding steroid dienone is 1. The summed E-state index contributed by atoms with van der Waals surface area (Å²) in [5.74, 6) is 0. The van der Waals surface area contributed by atoms with Crippen molar-refractivity contribution in [3.8, 4) is 0 Å². The molecule has 0 amide bonds. The van der Waals surface area contributed by atoms with E-state index in [0.29, 0.717) is 0 Å². The van der Waals surface area contributed by atoms with Crippen molar-refractivity contribution >= 4 is 0 Å².